The van der Waals surface area contributed by atoms with Crippen LogP contribution in [0.5, 0.6) is 0 Å². The summed E-state index contributed by atoms with van der Waals surface area (Å²) in [5, 5.41) is 0.769. The Hall–Kier alpha value is -1.15. The van der Waals surface area contributed by atoms with Crippen LogP contribution in [0.4, 0.5) is 0 Å². The predicted octanol–water partition coefficient (Wildman–Crippen LogP) is 3.95. The number of hydrogen-bond acceptors (Lipinski definition) is 3. The first kappa shape index (κ1) is 13.8. The Kier molecular flexibility index (Phi) is 3.93. The Bertz CT molecular complexity index is 539. The highest BCUT2D eigenvalue weighted by Gasteiger charge is 2.36. The van der Waals surface area contributed by atoms with E-state index >= 15 is 0 Å². The number of ether oxygens (including phenoxy) is 1. The van der Waals surface area contributed by atoms with Crippen LogP contribution in [0.15, 0.2) is 23.2 Å². The van der Waals surface area contributed by atoms with Crippen molar-refractivity contribution in [2.75, 3.05) is 13.2 Å². The number of hydrogen-bond donors (Lipinski definition) is 0. The Balaban J connectivity index is 1.94. The molecular weight excluding hydrogens is 274 g/mol. The van der Waals surface area contributed by atoms with Gasteiger partial charge in [-0.05, 0) is 36.5 Å². The first-order valence-corrected chi connectivity index (χ1v) is 7.60. The van der Waals surface area contributed by atoms with E-state index in [4.69, 9.17) is 16.3 Å². The van der Waals surface area contributed by atoms with E-state index in [9.17, 15) is 4.79 Å². The molecule has 2 aliphatic rings. The summed E-state index contributed by atoms with van der Waals surface area (Å²) in [7, 11) is 0. The lowest BCUT2D eigenvalue weighted by atomic mass is 9.87. The van der Waals surface area contributed by atoms with Crippen molar-refractivity contribution in [3.05, 3.63) is 34.3 Å². The van der Waals surface area contributed by atoms with Gasteiger partial charge in [0.2, 0.25) is 6.08 Å². The van der Waals surface area contributed by atoms with Gasteiger partial charge in [-0.15, -0.1) is 0 Å². The average Bonchev–Trinajstić information content (AvgIpc) is 3.10. The number of rotatable bonds is 3. The molecule has 1 aromatic rings. The molecule has 3 nitrogen and oxygen atoms in total. The summed E-state index contributed by atoms with van der Waals surface area (Å²) in [5.74, 6) is 0.394. The first-order chi connectivity index (χ1) is 9.75. The molecular formula is C16H18ClNO2. The summed E-state index contributed by atoms with van der Waals surface area (Å²) < 4.78 is 5.43. The van der Waals surface area contributed by atoms with Crippen LogP contribution in [-0.2, 0) is 15.1 Å². The minimum Gasteiger partial charge on any atom is -0.381 e. The van der Waals surface area contributed by atoms with E-state index in [2.05, 4.69) is 17.1 Å². The van der Waals surface area contributed by atoms with Crippen molar-refractivity contribution in [2.45, 2.75) is 43.6 Å². The SMILES string of the molecule is O=C=NC1(c2ccc(C3CCOC3)c(Cl)c2)CCCC1. The highest BCUT2D eigenvalue weighted by Crippen LogP contribution is 2.44. The van der Waals surface area contributed by atoms with Gasteiger partial charge in [0.1, 0.15) is 0 Å². The second-order valence-electron chi connectivity index (χ2n) is 5.74. The Morgan fingerprint density at radius 3 is 2.75 bits per heavy atom. The average molecular weight is 292 g/mol. The van der Waals surface area contributed by atoms with Crippen molar-refractivity contribution in [3.63, 3.8) is 0 Å². The molecule has 3 rings (SSSR count). The molecule has 1 aromatic carbocycles. The van der Waals surface area contributed by atoms with Crippen molar-refractivity contribution in [3.8, 4) is 0 Å². The third-order valence-electron chi connectivity index (χ3n) is 4.60. The van der Waals surface area contributed by atoms with E-state index < -0.39 is 5.54 Å². The van der Waals surface area contributed by atoms with E-state index in [0.717, 1.165) is 61.5 Å². The lowest BCUT2D eigenvalue weighted by Gasteiger charge is -2.24. The number of benzene rings is 1. The predicted molar refractivity (Wildman–Crippen MR) is 77.9 cm³/mol. The molecule has 1 atom stereocenters. The zero-order valence-corrected chi connectivity index (χ0v) is 12.2. The number of halogens is 1. The zero-order valence-electron chi connectivity index (χ0n) is 11.4. The molecule has 0 bridgehead atoms. The van der Waals surface area contributed by atoms with Crippen molar-refractivity contribution in [2.24, 2.45) is 4.99 Å². The van der Waals surface area contributed by atoms with Crippen LogP contribution in [0.1, 0.15) is 49.1 Å². The van der Waals surface area contributed by atoms with Crippen LogP contribution < -0.4 is 0 Å². The standard InChI is InChI=1S/C16H18ClNO2/c17-15-9-13(16(18-11-19)6-1-2-7-16)3-4-14(15)12-5-8-20-10-12/h3-4,9,12H,1-2,5-8,10H2. The molecule has 4 heteroatoms. The number of aliphatic imine (C=N–C) groups is 1. The van der Waals surface area contributed by atoms with Crippen molar-refractivity contribution in [1.29, 1.82) is 0 Å². The Morgan fingerprint density at radius 2 is 2.15 bits per heavy atom. The molecule has 0 spiro atoms. The van der Waals surface area contributed by atoms with Crippen LogP contribution in [-0.4, -0.2) is 19.3 Å². The maximum Gasteiger partial charge on any atom is 0.235 e. The van der Waals surface area contributed by atoms with E-state index in [-0.39, 0.29) is 0 Å². The second-order valence-corrected chi connectivity index (χ2v) is 6.15. The molecule has 20 heavy (non-hydrogen) atoms. The van der Waals surface area contributed by atoms with E-state index in [1.54, 1.807) is 6.08 Å². The summed E-state index contributed by atoms with van der Waals surface area (Å²) in [6.45, 7) is 1.55. The minimum absolute atomic E-state index is 0.393. The molecule has 2 fully saturated rings. The van der Waals surface area contributed by atoms with Gasteiger partial charge in [0.15, 0.2) is 0 Å². The fourth-order valence-electron chi connectivity index (χ4n) is 3.44. The number of carbonyl (C=O) groups excluding carboxylic acids is 1. The largest absolute Gasteiger partial charge is 0.381 e. The summed E-state index contributed by atoms with van der Waals surface area (Å²) in [4.78, 5) is 14.9. The maximum atomic E-state index is 10.8. The van der Waals surface area contributed by atoms with Crippen LogP contribution in [0.25, 0.3) is 0 Å². The molecule has 1 saturated heterocycles. The van der Waals surface area contributed by atoms with E-state index in [0.29, 0.717) is 5.92 Å². The summed E-state index contributed by atoms with van der Waals surface area (Å²) in [5.41, 5.74) is 1.80. The van der Waals surface area contributed by atoms with Gasteiger partial charge in [-0.3, -0.25) is 0 Å². The molecule has 1 saturated carbocycles. The number of isocyanates is 1. The van der Waals surface area contributed by atoms with Crippen molar-refractivity contribution < 1.29 is 9.53 Å². The third-order valence-corrected chi connectivity index (χ3v) is 4.93. The smallest absolute Gasteiger partial charge is 0.235 e. The van der Waals surface area contributed by atoms with Crippen LogP contribution in [0, 0.1) is 0 Å². The fourth-order valence-corrected chi connectivity index (χ4v) is 3.77. The van der Waals surface area contributed by atoms with Crippen molar-refractivity contribution in [1.82, 2.24) is 0 Å². The third kappa shape index (κ3) is 2.42. The van der Waals surface area contributed by atoms with E-state index in [1.165, 1.54) is 0 Å². The highest BCUT2D eigenvalue weighted by atomic mass is 35.5. The molecule has 0 N–H and O–H groups in total. The van der Waals surface area contributed by atoms with Gasteiger partial charge in [-0.2, -0.15) is 4.99 Å². The lowest BCUT2D eigenvalue weighted by Crippen LogP contribution is -2.19. The van der Waals surface area contributed by atoms with E-state index in [1.807, 2.05) is 6.07 Å². The van der Waals surface area contributed by atoms with Gasteiger partial charge < -0.3 is 4.74 Å². The van der Waals surface area contributed by atoms with Gasteiger partial charge in [-0.25, -0.2) is 4.79 Å². The molecule has 0 aromatic heterocycles. The van der Waals surface area contributed by atoms with Gasteiger partial charge in [0.05, 0.1) is 12.1 Å². The summed E-state index contributed by atoms with van der Waals surface area (Å²) in [6.07, 6.45) is 6.79. The normalized spacial score (nSPS) is 24.6. The van der Waals surface area contributed by atoms with Gasteiger partial charge >= 0.3 is 0 Å². The second kappa shape index (κ2) is 5.69. The monoisotopic (exact) mass is 291 g/mol. The molecule has 1 aliphatic heterocycles. The molecule has 1 unspecified atom stereocenters. The molecule has 0 radical (unpaired) electrons. The minimum atomic E-state index is -0.393. The Morgan fingerprint density at radius 1 is 1.35 bits per heavy atom. The summed E-state index contributed by atoms with van der Waals surface area (Å²) in [6, 6.07) is 6.14. The van der Waals surface area contributed by atoms with Gasteiger partial charge in [0, 0.05) is 17.5 Å². The van der Waals surface area contributed by atoms with Gasteiger partial charge in [0.25, 0.3) is 0 Å². The van der Waals surface area contributed by atoms with Crippen molar-refractivity contribution >= 4 is 17.7 Å². The molecule has 1 aliphatic carbocycles. The topological polar surface area (TPSA) is 38.7 Å². The molecule has 106 valence electrons. The highest BCUT2D eigenvalue weighted by molar-refractivity contribution is 6.31. The lowest BCUT2D eigenvalue weighted by molar-refractivity contribution is 0.194. The van der Waals surface area contributed by atoms with Crippen LogP contribution in [0.2, 0.25) is 5.02 Å². The van der Waals surface area contributed by atoms with Crippen LogP contribution in [0.3, 0.4) is 0 Å². The fraction of sp³-hybridized carbons (Fsp3) is 0.562. The number of nitrogens with zero attached hydrogens (tertiary/aromatic N) is 1. The molecule has 1 heterocycles. The quantitative estimate of drug-likeness (QED) is 0.625. The maximum absolute atomic E-state index is 10.8. The molecule has 0 amide bonds. The Labute approximate surface area is 124 Å². The van der Waals surface area contributed by atoms with Crippen LogP contribution >= 0.6 is 11.6 Å². The summed E-state index contributed by atoms with van der Waals surface area (Å²) >= 11 is 6.45. The zero-order chi connectivity index (χ0) is 14.0. The first-order valence-electron chi connectivity index (χ1n) is 7.22. The van der Waals surface area contributed by atoms with Gasteiger partial charge in [-0.1, -0.05) is 36.6 Å².